The summed E-state index contributed by atoms with van der Waals surface area (Å²) >= 11 is 13.4. The van der Waals surface area contributed by atoms with Gasteiger partial charge in [-0.1, -0.05) is 34.5 Å². The predicted octanol–water partition coefficient (Wildman–Crippen LogP) is 3.05. The average molecular weight is 577 g/mol. The maximum absolute atomic E-state index is 12.8. The predicted molar refractivity (Wildman–Crippen MR) is 141 cm³/mol. The molecule has 0 bridgehead atoms. The average Bonchev–Trinajstić information content (AvgIpc) is 3.45. The zero-order valence-corrected chi connectivity index (χ0v) is 23.6. The number of aromatic nitrogens is 2. The van der Waals surface area contributed by atoms with Crippen LogP contribution in [0.1, 0.15) is 56.6 Å². The van der Waals surface area contributed by atoms with Crippen molar-refractivity contribution in [1.82, 2.24) is 20.6 Å². The summed E-state index contributed by atoms with van der Waals surface area (Å²) in [5, 5.41) is 6.65. The van der Waals surface area contributed by atoms with Gasteiger partial charge in [0.1, 0.15) is 10.6 Å². The van der Waals surface area contributed by atoms with Crippen LogP contribution in [0.15, 0.2) is 0 Å². The first-order valence-electron chi connectivity index (χ1n) is 11.7. The molecule has 2 aromatic rings. The van der Waals surface area contributed by atoms with Gasteiger partial charge in [0.25, 0.3) is 11.8 Å². The lowest BCUT2D eigenvalue weighted by Crippen LogP contribution is -2.55. The third-order valence-corrected chi connectivity index (χ3v) is 8.02. The molecule has 3 N–H and O–H groups in total. The van der Waals surface area contributed by atoms with Crippen LogP contribution in [-0.2, 0) is 14.2 Å². The largest absolute Gasteiger partial charge is 0.462 e. The topological polar surface area (TPSA) is 135 Å². The van der Waals surface area contributed by atoms with Crippen LogP contribution in [-0.4, -0.2) is 86.5 Å². The van der Waals surface area contributed by atoms with Gasteiger partial charge in [-0.3, -0.25) is 9.59 Å². The molecule has 0 aromatic carbocycles. The van der Waals surface area contributed by atoms with Crippen LogP contribution in [0.2, 0.25) is 10.0 Å². The summed E-state index contributed by atoms with van der Waals surface area (Å²) in [6, 6.07) is -0.310. The highest BCUT2D eigenvalue weighted by Gasteiger charge is 2.34. The Labute approximate surface area is 229 Å². The summed E-state index contributed by atoms with van der Waals surface area (Å²) in [4.78, 5) is 47.7. The molecule has 1 aliphatic heterocycles. The zero-order chi connectivity index (χ0) is 27.3. The van der Waals surface area contributed by atoms with E-state index >= 15 is 0 Å². The fourth-order valence-corrected chi connectivity index (χ4v) is 5.21. The maximum Gasteiger partial charge on any atom is 0.350 e. The Morgan fingerprint density at radius 1 is 1.24 bits per heavy atom. The molecule has 1 fully saturated rings. The Morgan fingerprint density at radius 3 is 2.57 bits per heavy atom. The third-order valence-electron chi connectivity index (χ3n) is 5.97. The number of hydrogen-bond acceptors (Lipinski definition) is 9. The highest BCUT2D eigenvalue weighted by Crippen LogP contribution is 2.31. The van der Waals surface area contributed by atoms with Crippen LogP contribution >= 0.6 is 34.5 Å². The summed E-state index contributed by atoms with van der Waals surface area (Å²) in [5.74, 6) is -1.49. The van der Waals surface area contributed by atoms with Gasteiger partial charge in [-0.2, -0.15) is 0 Å². The number of hydrogen-bond donors (Lipinski definition) is 3. The monoisotopic (exact) mass is 575 g/mol. The number of H-pyrrole nitrogens is 1. The zero-order valence-electron chi connectivity index (χ0n) is 21.3. The molecule has 14 heteroatoms. The number of nitrogens with zero attached hydrogens (tertiary/aromatic N) is 2. The van der Waals surface area contributed by atoms with E-state index in [9.17, 15) is 14.4 Å². The van der Waals surface area contributed by atoms with E-state index in [0.717, 1.165) is 11.3 Å². The lowest BCUT2D eigenvalue weighted by Gasteiger charge is -2.37. The van der Waals surface area contributed by atoms with Crippen molar-refractivity contribution in [2.75, 3.05) is 45.4 Å². The molecule has 2 amide bonds. The molecule has 11 nitrogen and oxygen atoms in total. The fourth-order valence-electron chi connectivity index (χ4n) is 3.80. The Balaban J connectivity index is 1.76. The van der Waals surface area contributed by atoms with Gasteiger partial charge in [-0.25, -0.2) is 9.78 Å². The number of aromatic amines is 1. The second-order valence-electron chi connectivity index (χ2n) is 8.49. The van der Waals surface area contributed by atoms with Crippen molar-refractivity contribution in [3.63, 3.8) is 0 Å². The van der Waals surface area contributed by atoms with Crippen molar-refractivity contribution in [3.05, 3.63) is 32.0 Å². The smallest absolute Gasteiger partial charge is 0.350 e. The number of thiazole rings is 1. The van der Waals surface area contributed by atoms with E-state index in [-0.39, 0.29) is 52.5 Å². The van der Waals surface area contributed by atoms with Crippen LogP contribution in [0.5, 0.6) is 0 Å². The Morgan fingerprint density at radius 2 is 1.97 bits per heavy atom. The number of carbonyl (C=O) groups is 3. The number of anilines is 1. The number of esters is 1. The first-order chi connectivity index (χ1) is 17.6. The van der Waals surface area contributed by atoms with Gasteiger partial charge >= 0.3 is 5.97 Å². The number of halogens is 2. The Kier molecular flexibility index (Phi) is 10.2. The number of rotatable bonds is 10. The minimum Gasteiger partial charge on any atom is -0.462 e. The number of methoxy groups -OCH3 is 2. The first-order valence-corrected chi connectivity index (χ1v) is 13.3. The van der Waals surface area contributed by atoms with Crippen LogP contribution in [0.4, 0.5) is 5.13 Å². The molecule has 3 heterocycles. The van der Waals surface area contributed by atoms with Gasteiger partial charge < -0.3 is 34.7 Å². The van der Waals surface area contributed by atoms with Crippen molar-refractivity contribution >= 4 is 57.5 Å². The molecule has 2 aromatic heterocycles. The van der Waals surface area contributed by atoms with E-state index in [1.54, 1.807) is 28.1 Å². The molecule has 1 saturated heterocycles. The van der Waals surface area contributed by atoms with Gasteiger partial charge in [0, 0.05) is 39.5 Å². The lowest BCUT2D eigenvalue weighted by atomic mass is 10.0. The molecule has 3 atom stereocenters. The van der Waals surface area contributed by atoms with E-state index in [0.29, 0.717) is 35.4 Å². The van der Waals surface area contributed by atoms with Crippen molar-refractivity contribution < 1.29 is 28.6 Å². The second kappa shape index (κ2) is 12.9. The number of piperidine rings is 1. The van der Waals surface area contributed by atoms with Crippen LogP contribution in [0.3, 0.4) is 0 Å². The quantitative estimate of drug-likeness (QED) is 0.368. The van der Waals surface area contributed by atoms with Crippen molar-refractivity contribution in [2.45, 2.75) is 45.4 Å². The van der Waals surface area contributed by atoms with E-state index in [1.165, 1.54) is 0 Å². The highest BCUT2D eigenvalue weighted by atomic mass is 35.5. The van der Waals surface area contributed by atoms with Gasteiger partial charge in [0.15, 0.2) is 10.8 Å². The first kappa shape index (κ1) is 29.2. The number of amides is 2. The van der Waals surface area contributed by atoms with Crippen LogP contribution in [0, 0.1) is 6.92 Å². The summed E-state index contributed by atoms with van der Waals surface area (Å²) in [7, 11) is 3.10. The lowest BCUT2D eigenvalue weighted by molar-refractivity contribution is 0.0527. The molecular formula is C23H31Cl2N5O6S. The summed E-state index contributed by atoms with van der Waals surface area (Å²) in [6.45, 7) is 6.53. The van der Waals surface area contributed by atoms with Gasteiger partial charge in [0.05, 0.1) is 34.9 Å². The van der Waals surface area contributed by atoms with Crippen molar-refractivity contribution in [1.29, 1.82) is 0 Å². The molecule has 37 heavy (non-hydrogen) atoms. The molecule has 1 aliphatic rings. The standard InChI is InChI=1S/C23H31Cl2N5O6S/c1-6-36-22(33)19-18(20(31)26-9-11(2)34-4)29-23(37-19)30-8-7-13(14(10-30)35-5)28-21(32)17-16(25)15(24)12(3)27-17/h11,13-14,27H,6-10H2,1-5H3,(H,26,31)(H,28,32)/t11-,13-,14+/m1/s1. The molecule has 204 valence electrons. The minimum absolute atomic E-state index is 0.000202. The molecule has 0 saturated carbocycles. The maximum atomic E-state index is 12.8. The molecule has 0 aliphatic carbocycles. The summed E-state index contributed by atoms with van der Waals surface area (Å²) in [5.41, 5.74) is 0.797. The SMILES string of the molecule is CCOC(=O)c1sc(N2CC[C@@H](NC(=O)c3[nH]c(C)c(Cl)c3Cl)[C@@H](OC)C2)nc1C(=O)NC[C@@H](C)OC. The van der Waals surface area contributed by atoms with Gasteiger partial charge in [-0.05, 0) is 27.2 Å². The normalized spacial score (nSPS) is 18.4. The highest BCUT2D eigenvalue weighted by molar-refractivity contribution is 7.17. The third kappa shape index (κ3) is 6.74. The van der Waals surface area contributed by atoms with E-state index in [2.05, 4.69) is 20.6 Å². The van der Waals surface area contributed by atoms with E-state index in [4.69, 9.17) is 37.4 Å². The number of aryl methyl sites for hydroxylation is 1. The van der Waals surface area contributed by atoms with E-state index < -0.39 is 18.0 Å². The van der Waals surface area contributed by atoms with Gasteiger partial charge in [0.2, 0.25) is 0 Å². The molecule has 0 spiro atoms. The van der Waals surface area contributed by atoms with E-state index in [1.807, 2.05) is 11.8 Å². The Hall–Kier alpha value is -2.38. The molecule has 3 rings (SSSR count). The number of carbonyl (C=O) groups excluding carboxylic acids is 3. The number of ether oxygens (including phenoxy) is 3. The fraction of sp³-hybridized carbons (Fsp3) is 0.565. The molecule has 0 unspecified atom stereocenters. The number of nitrogens with one attached hydrogen (secondary N) is 3. The second-order valence-corrected chi connectivity index (χ2v) is 10.2. The van der Waals surface area contributed by atoms with Crippen molar-refractivity contribution in [2.24, 2.45) is 0 Å². The minimum atomic E-state index is -0.613. The summed E-state index contributed by atoms with van der Waals surface area (Å²) in [6.07, 6.45) is -0.0698. The van der Waals surface area contributed by atoms with Crippen LogP contribution < -0.4 is 15.5 Å². The molecular weight excluding hydrogens is 545 g/mol. The Bertz CT molecular complexity index is 1140. The molecule has 0 radical (unpaired) electrons. The summed E-state index contributed by atoms with van der Waals surface area (Å²) < 4.78 is 16.0. The van der Waals surface area contributed by atoms with Crippen LogP contribution in [0.25, 0.3) is 0 Å². The van der Waals surface area contributed by atoms with Crippen molar-refractivity contribution in [3.8, 4) is 0 Å². The van der Waals surface area contributed by atoms with Gasteiger partial charge in [-0.15, -0.1) is 0 Å².